The molecule has 2 aromatic rings. The molecule has 0 saturated heterocycles. The number of hydrogen-bond acceptors (Lipinski definition) is 3. The van der Waals surface area contributed by atoms with E-state index in [1.807, 2.05) is 0 Å². The Balaban J connectivity index is 2.50. The Kier molecular flexibility index (Phi) is 4.39. The lowest BCUT2D eigenvalue weighted by molar-refractivity contribution is 0.103. The van der Waals surface area contributed by atoms with Gasteiger partial charge >= 0.3 is 0 Å². The number of methoxy groups -OCH3 is 2. The second-order valence-corrected chi connectivity index (χ2v) is 4.94. The number of hydrogen-bond donors (Lipinski definition) is 0. The van der Waals surface area contributed by atoms with Gasteiger partial charge in [0.05, 0.1) is 25.3 Å². The number of carbonyl (C=O) groups is 1. The monoisotopic (exact) mass is 338 g/mol. The Morgan fingerprint density at radius 1 is 1.05 bits per heavy atom. The largest absolute Gasteiger partial charge is 0.497 e. The zero-order valence-corrected chi connectivity index (χ0v) is 12.5. The first-order valence-corrected chi connectivity index (χ1v) is 6.58. The first-order valence-electron chi connectivity index (χ1n) is 5.78. The summed E-state index contributed by atoms with van der Waals surface area (Å²) in [6, 6.07) is 9.00. The van der Waals surface area contributed by atoms with Gasteiger partial charge in [-0.2, -0.15) is 0 Å². The number of rotatable bonds is 4. The Bertz CT molecular complexity index is 656. The average Bonchev–Trinajstić information content (AvgIpc) is 2.48. The van der Waals surface area contributed by atoms with E-state index >= 15 is 0 Å². The van der Waals surface area contributed by atoms with Crippen LogP contribution in [0, 0.1) is 5.82 Å². The topological polar surface area (TPSA) is 35.5 Å². The van der Waals surface area contributed by atoms with Crippen LogP contribution < -0.4 is 9.47 Å². The third-order valence-corrected chi connectivity index (χ3v) is 3.32. The minimum absolute atomic E-state index is 0.0113. The van der Waals surface area contributed by atoms with Gasteiger partial charge in [0.1, 0.15) is 17.3 Å². The molecule has 0 radical (unpaired) electrons. The molecule has 0 aliphatic heterocycles. The van der Waals surface area contributed by atoms with Crippen LogP contribution in [-0.4, -0.2) is 20.0 Å². The second kappa shape index (κ2) is 6.05. The molecule has 0 aliphatic rings. The number of ether oxygens (including phenoxy) is 2. The van der Waals surface area contributed by atoms with E-state index in [4.69, 9.17) is 9.47 Å². The van der Waals surface area contributed by atoms with E-state index in [1.54, 1.807) is 18.2 Å². The lowest BCUT2D eigenvalue weighted by Crippen LogP contribution is -2.06. The predicted molar refractivity (Wildman–Crippen MR) is 77.1 cm³/mol. The van der Waals surface area contributed by atoms with Crippen LogP contribution in [0.3, 0.4) is 0 Å². The summed E-state index contributed by atoms with van der Waals surface area (Å²) in [5.74, 6) is -0.110. The summed E-state index contributed by atoms with van der Waals surface area (Å²) >= 11 is 3.23. The predicted octanol–water partition coefficient (Wildman–Crippen LogP) is 3.84. The van der Waals surface area contributed by atoms with Crippen LogP contribution in [0.25, 0.3) is 0 Å². The maximum absolute atomic E-state index is 13.8. The van der Waals surface area contributed by atoms with Crippen molar-refractivity contribution in [2.24, 2.45) is 0 Å². The van der Waals surface area contributed by atoms with Gasteiger partial charge in [-0.15, -0.1) is 0 Å². The van der Waals surface area contributed by atoms with E-state index in [2.05, 4.69) is 15.9 Å². The lowest BCUT2D eigenvalue weighted by Gasteiger charge is -2.10. The van der Waals surface area contributed by atoms with Crippen molar-refractivity contribution >= 4 is 21.7 Å². The average molecular weight is 339 g/mol. The van der Waals surface area contributed by atoms with E-state index in [0.717, 1.165) is 0 Å². The van der Waals surface area contributed by atoms with E-state index in [9.17, 15) is 9.18 Å². The van der Waals surface area contributed by atoms with E-state index in [1.165, 1.54) is 32.4 Å². The molecule has 0 heterocycles. The minimum Gasteiger partial charge on any atom is -0.497 e. The summed E-state index contributed by atoms with van der Waals surface area (Å²) in [7, 11) is 2.97. The highest BCUT2D eigenvalue weighted by molar-refractivity contribution is 9.10. The van der Waals surface area contributed by atoms with Gasteiger partial charge in [-0.3, -0.25) is 4.79 Å². The summed E-state index contributed by atoms with van der Waals surface area (Å²) in [6.45, 7) is 0. The molecule has 3 nitrogen and oxygen atoms in total. The van der Waals surface area contributed by atoms with Crippen LogP contribution in [0.1, 0.15) is 15.9 Å². The first-order chi connectivity index (χ1) is 9.56. The number of ketones is 1. The zero-order chi connectivity index (χ0) is 14.7. The minimum atomic E-state index is -0.573. The molecule has 5 heteroatoms. The van der Waals surface area contributed by atoms with Gasteiger partial charge in [0, 0.05) is 10.5 Å². The second-order valence-electron chi connectivity index (χ2n) is 4.02. The third-order valence-electron chi connectivity index (χ3n) is 2.83. The highest BCUT2D eigenvalue weighted by Crippen LogP contribution is 2.28. The molecule has 0 fully saturated rings. The van der Waals surface area contributed by atoms with Crippen LogP contribution in [0.2, 0.25) is 0 Å². The Morgan fingerprint density at radius 3 is 2.45 bits per heavy atom. The van der Waals surface area contributed by atoms with Crippen molar-refractivity contribution in [1.82, 2.24) is 0 Å². The van der Waals surface area contributed by atoms with Crippen molar-refractivity contribution in [3.05, 3.63) is 57.8 Å². The van der Waals surface area contributed by atoms with Crippen LogP contribution in [0.4, 0.5) is 4.39 Å². The van der Waals surface area contributed by atoms with Crippen LogP contribution in [0.15, 0.2) is 40.9 Å². The molecular weight excluding hydrogens is 327 g/mol. The van der Waals surface area contributed by atoms with Gasteiger partial charge in [0.25, 0.3) is 0 Å². The van der Waals surface area contributed by atoms with Crippen molar-refractivity contribution in [2.75, 3.05) is 14.2 Å². The SMILES string of the molecule is COc1ccc(C(=O)c2cc(Br)ccc2F)c(OC)c1. The maximum atomic E-state index is 13.8. The summed E-state index contributed by atoms with van der Waals surface area (Å²) in [4.78, 5) is 12.4. The third kappa shape index (κ3) is 2.82. The van der Waals surface area contributed by atoms with Crippen molar-refractivity contribution in [2.45, 2.75) is 0 Å². The van der Waals surface area contributed by atoms with Gasteiger partial charge in [0.15, 0.2) is 5.78 Å². The molecule has 0 aromatic heterocycles. The fourth-order valence-corrected chi connectivity index (χ4v) is 2.16. The zero-order valence-electron chi connectivity index (χ0n) is 10.9. The van der Waals surface area contributed by atoms with E-state index in [0.29, 0.717) is 16.0 Å². The van der Waals surface area contributed by atoms with Crippen LogP contribution in [-0.2, 0) is 0 Å². The maximum Gasteiger partial charge on any atom is 0.199 e. The molecule has 2 rings (SSSR count). The molecule has 104 valence electrons. The van der Waals surface area contributed by atoms with Crippen LogP contribution in [0.5, 0.6) is 11.5 Å². The molecule has 0 amide bonds. The number of benzene rings is 2. The number of carbonyl (C=O) groups excluding carboxylic acids is 1. The smallest absolute Gasteiger partial charge is 0.199 e. The molecule has 0 spiro atoms. The Labute approximate surface area is 124 Å². The standard InChI is InChI=1S/C15H12BrFO3/c1-19-10-4-5-11(14(8-10)20-2)15(18)12-7-9(16)3-6-13(12)17/h3-8H,1-2H3. The molecule has 0 unspecified atom stereocenters. The Hall–Kier alpha value is -1.88. The molecule has 0 bridgehead atoms. The summed E-state index contributed by atoms with van der Waals surface area (Å²) in [6.07, 6.45) is 0. The molecule has 0 N–H and O–H groups in total. The molecule has 20 heavy (non-hydrogen) atoms. The molecular formula is C15H12BrFO3. The fourth-order valence-electron chi connectivity index (χ4n) is 1.80. The van der Waals surface area contributed by atoms with Crippen LogP contribution >= 0.6 is 15.9 Å². The fraction of sp³-hybridized carbons (Fsp3) is 0.133. The highest BCUT2D eigenvalue weighted by atomic mass is 79.9. The lowest BCUT2D eigenvalue weighted by atomic mass is 10.0. The first kappa shape index (κ1) is 14.5. The van der Waals surface area contributed by atoms with Crippen molar-refractivity contribution in [1.29, 1.82) is 0 Å². The van der Waals surface area contributed by atoms with Crippen molar-refractivity contribution in [3.63, 3.8) is 0 Å². The molecule has 0 atom stereocenters. The normalized spacial score (nSPS) is 10.2. The Morgan fingerprint density at radius 2 is 1.80 bits per heavy atom. The molecule has 0 saturated carbocycles. The summed E-state index contributed by atoms with van der Waals surface area (Å²) < 4.78 is 24.6. The quantitative estimate of drug-likeness (QED) is 0.794. The van der Waals surface area contributed by atoms with Gasteiger partial charge in [0.2, 0.25) is 0 Å². The van der Waals surface area contributed by atoms with Crippen molar-refractivity contribution < 1.29 is 18.7 Å². The highest BCUT2D eigenvalue weighted by Gasteiger charge is 2.19. The molecule has 0 aliphatic carbocycles. The number of halogens is 2. The van der Waals surface area contributed by atoms with E-state index < -0.39 is 11.6 Å². The van der Waals surface area contributed by atoms with Crippen molar-refractivity contribution in [3.8, 4) is 11.5 Å². The molecule has 2 aromatic carbocycles. The van der Waals surface area contributed by atoms with Gasteiger partial charge in [-0.05, 0) is 30.3 Å². The van der Waals surface area contributed by atoms with Gasteiger partial charge in [-0.25, -0.2) is 4.39 Å². The van der Waals surface area contributed by atoms with Gasteiger partial charge in [-0.1, -0.05) is 15.9 Å². The summed E-state index contributed by atoms with van der Waals surface area (Å²) in [5, 5.41) is 0. The van der Waals surface area contributed by atoms with E-state index in [-0.39, 0.29) is 11.1 Å². The summed E-state index contributed by atoms with van der Waals surface area (Å²) in [5.41, 5.74) is 0.271. The van der Waals surface area contributed by atoms with Gasteiger partial charge < -0.3 is 9.47 Å².